The molecule has 0 saturated heterocycles. The topological polar surface area (TPSA) is 93.1 Å². The second kappa shape index (κ2) is 13.9. The maximum Gasteiger partial charge on any atom is 0.573 e. The number of ether oxygens (including phenoxy) is 1. The summed E-state index contributed by atoms with van der Waals surface area (Å²) in [5, 5.41) is 13.3. The van der Waals surface area contributed by atoms with Gasteiger partial charge in [-0.05, 0) is 85.8 Å². The first-order chi connectivity index (χ1) is 20.1. The van der Waals surface area contributed by atoms with Gasteiger partial charge >= 0.3 is 12.4 Å². The molecule has 0 radical (unpaired) electrons. The zero-order valence-electron chi connectivity index (χ0n) is 23.2. The van der Waals surface area contributed by atoms with E-state index in [2.05, 4.69) is 37.7 Å². The third kappa shape index (κ3) is 8.77. The Hall–Kier alpha value is -4.45. The SMILES string of the molecule is CCc1cccc(C)c1NC(=S)NC(=O)NCCCCc1ccc(-c2ncn(-c3ccc(OC(F)(F)F)cc3)n2)cc1. The van der Waals surface area contributed by atoms with Gasteiger partial charge in [0.25, 0.3) is 0 Å². The first-order valence-electron chi connectivity index (χ1n) is 13.4. The molecule has 0 saturated carbocycles. The number of para-hydroxylation sites is 1. The lowest BCUT2D eigenvalue weighted by Crippen LogP contribution is -2.42. The molecule has 1 heterocycles. The van der Waals surface area contributed by atoms with Crippen LogP contribution in [-0.2, 0) is 12.8 Å². The first kappa shape index (κ1) is 30.5. The molecule has 0 bridgehead atoms. The van der Waals surface area contributed by atoms with Crippen molar-refractivity contribution in [1.82, 2.24) is 25.4 Å². The van der Waals surface area contributed by atoms with Crippen molar-refractivity contribution in [3.63, 3.8) is 0 Å². The summed E-state index contributed by atoms with van der Waals surface area (Å²) in [4.78, 5) is 16.6. The van der Waals surface area contributed by atoms with E-state index in [1.165, 1.54) is 35.3 Å². The number of urea groups is 1. The number of halogens is 3. The molecule has 3 aromatic carbocycles. The number of alkyl halides is 3. The number of benzene rings is 3. The monoisotopic (exact) mass is 596 g/mol. The number of nitrogens with one attached hydrogen (secondary N) is 3. The van der Waals surface area contributed by atoms with Gasteiger partial charge in [0.2, 0.25) is 0 Å². The number of amides is 2. The molecule has 12 heteroatoms. The zero-order chi connectivity index (χ0) is 30.1. The van der Waals surface area contributed by atoms with Crippen molar-refractivity contribution in [3.05, 3.63) is 89.7 Å². The zero-order valence-corrected chi connectivity index (χ0v) is 24.0. The van der Waals surface area contributed by atoms with Crippen molar-refractivity contribution < 1.29 is 22.7 Å². The molecule has 4 rings (SSSR count). The Bertz CT molecular complexity index is 1500. The Kier molecular flexibility index (Phi) is 10.1. The van der Waals surface area contributed by atoms with E-state index in [1.807, 2.05) is 49.4 Å². The van der Waals surface area contributed by atoms with E-state index < -0.39 is 6.36 Å². The molecular weight excluding hydrogens is 565 g/mol. The van der Waals surface area contributed by atoms with E-state index >= 15 is 0 Å². The van der Waals surface area contributed by atoms with Crippen LogP contribution in [0.1, 0.15) is 36.5 Å². The highest BCUT2D eigenvalue weighted by molar-refractivity contribution is 7.80. The minimum Gasteiger partial charge on any atom is -0.406 e. The predicted molar refractivity (Wildman–Crippen MR) is 160 cm³/mol. The van der Waals surface area contributed by atoms with Crippen molar-refractivity contribution in [2.45, 2.75) is 45.9 Å². The first-order valence-corrected chi connectivity index (χ1v) is 13.8. The lowest BCUT2D eigenvalue weighted by atomic mass is 10.1. The summed E-state index contributed by atoms with van der Waals surface area (Å²) in [7, 11) is 0. The second-order valence-corrected chi connectivity index (χ2v) is 9.91. The summed E-state index contributed by atoms with van der Waals surface area (Å²) in [6.07, 6.45) is 0.131. The standard InChI is InChI=1S/C30H31F3N6O2S/c1-3-22-9-6-7-20(2)26(22)36-29(42)37-28(40)34-18-5-4-8-21-10-12-23(13-11-21)27-35-19-39(38-27)24-14-16-25(17-15-24)41-30(31,32)33/h6-7,9-17,19H,3-5,8,18H2,1-2H3,(H3,34,36,37,40,42). The molecule has 2 amide bonds. The normalized spacial score (nSPS) is 11.2. The number of hydrogen-bond acceptors (Lipinski definition) is 5. The summed E-state index contributed by atoms with van der Waals surface area (Å²) in [6.45, 7) is 4.58. The summed E-state index contributed by atoms with van der Waals surface area (Å²) in [5.74, 6) is 0.190. The lowest BCUT2D eigenvalue weighted by Gasteiger charge is -2.15. The van der Waals surface area contributed by atoms with Crippen LogP contribution >= 0.6 is 12.2 Å². The number of nitrogens with zero attached hydrogens (tertiary/aromatic N) is 3. The van der Waals surface area contributed by atoms with E-state index in [0.717, 1.165) is 53.6 Å². The molecule has 42 heavy (non-hydrogen) atoms. The van der Waals surface area contributed by atoms with Gasteiger partial charge in [0, 0.05) is 17.8 Å². The van der Waals surface area contributed by atoms with E-state index in [0.29, 0.717) is 18.1 Å². The summed E-state index contributed by atoms with van der Waals surface area (Å²) in [6, 6.07) is 18.9. The minimum absolute atomic E-state index is 0.254. The molecule has 0 aliphatic rings. The van der Waals surface area contributed by atoms with E-state index in [9.17, 15) is 18.0 Å². The van der Waals surface area contributed by atoms with Crippen LogP contribution in [0.2, 0.25) is 0 Å². The van der Waals surface area contributed by atoms with Crippen molar-refractivity contribution in [1.29, 1.82) is 0 Å². The van der Waals surface area contributed by atoms with Gasteiger partial charge in [0.1, 0.15) is 12.1 Å². The summed E-state index contributed by atoms with van der Waals surface area (Å²) < 4.78 is 42.5. The average Bonchev–Trinajstić information content (AvgIpc) is 3.44. The van der Waals surface area contributed by atoms with E-state index in [4.69, 9.17) is 12.2 Å². The number of thiocarbonyl (C=S) groups is 1. The lowest BCUT2D eigenvalue weighted by molar-refractivity contribution is -0.274. The number of unbranched alkanes of at least 4 members (excludes halogenated alkanes) is 1. The Morgan fingerprint density at radius 3 is 2.45 bits per heavy atom. The largest absolute Gasteiger partial charge is 0.573 e. The third-order valence-corrected chi connectivity index (χ3v) is 6.63. The molecule has 0 aliphatic heterocycles. The van der Waals surface area contributed by atoms with E-state index in [-0.39, 0.29) is 16.9 Å². The highest BCUT2D eigenvalue weighted by Gasteiger charge is 2.31. The molecule has 3 N–H and O–H groups in total. The number of aryl methyl sites for hydroxylation is 3. The highest BCUT2D eigenvalue weighted by Crippen LogP contribution is 2.24. The molecule has 1 aromatic heterocycles. The Balaban J connectivity index is 1.18. The quantitative estimate of drug-likeness (QED) is 0.139. The van der Waals surface area contributed by atoms with Crippen LogP contribution < -0.4 is 20.7 Å². The maximum atomic E-state index is 12.4. The van der Waals surface area contributed by atoms with Crippen molar-refractivity contribution in [2.75, 3.05) is 11.9 Å². The molecule has 8 nitrogen and oxygen atoms in total. The van der Waals surface area contributed by atoms with Crippen molar-refractivity contribution in [3.8, 4) is 22.8 Å². The fourth-order valence-electron chi connectivity index (χ4n) is 4.29. The second-order valence-electron chi connectivity index (χ2n) is 9.51. The highest BCUT2D eigenvalue weighted by atomic mass is 32.1. The third-order valence-electron chi connectivity index (χ3n) is 6.42. The van der Waals surface area contributed by atoms with Crippen LogP contribution in [0.15, 0.2) is 73.1 Å². The Morgan fingerprint density at radius 2 is 1.76 bits per heavy atom. The number of carbonyl (C=O) groups is 1. The van der Waals surface area contributed by atoms with Crippen LogP contribution in [0.25, 0.3) is 17.1 Å². The van der Waals surface area contributed by atoms with Gasteiger partial charge in [0.15, 0.2) is 10.9 Å². The van der Waals surface area contributed by atoms with Gasteiger partial charge in [-0.15, -0.1) is 18.3 Å². The molecular formula is C30H31F3N6O2S. The summed E-state index contributed by atoms with van der Waals surface area (Å²) in [5.41, 5.74) is 5.62. The molecule has 220 valence electrons. The predicted octanol–water partition coefficient (Wildman–Crippen LogP) is 6.72. The van der Waals surface area contributed by atoms with Crippen LogP contribution in [-0.4, -0.2) is 38.8 Å². The number of aromatic nitrogens is 3. The number of carbonyl (C=O) groups excluding carboxylic acids is 1. The smallest absolute Gasteiger partial charge is 0.406 e. The fraction of sp³-hybridized carbons (Fsp3) is 0.267. The molecule has 0 aliphatic carbocycles. The van der Waals surface area contributed by atoms with Crippen molar-refractivity contribution in [2.24, 2.45) is 0 Å². The molecule has 0 fully saturated rings. The van der Waals surface area contributed by atoms with Gasteiger partial charge in [-0.25, -0.2) is 14.5 Å². The average molecular weight is 597 g/mol. The van der Waals surface area contributed by atoms with E-state index in [1.54, 1.807) is 0 Å². The fourth-order valence-corrected chi connectivity index (χ4v) is 4.49. The number of hydrogen-bond donors (Lipinski definition) is 3. The summed E-state index contributed by atoms with van der Waals surface area (Å²) >= 11 is 5.31. The molecule has 0 spiro atoms. The van der Waals surface area contributed by atoms with Crippen LogP contribution in [0.5, 0.6) is 5.75 Å². The Labute approximate surface area is 247 Å². The minimum atomic E-state index is -4.74. The molecule has 0 unspecified atom stereocenters. The van der Waals surface area contributed by atoms with Crippen LogP contribution in [0.3, 0.4) is 0 Å². The van der Waals surface area contributed by atoms with Gasteiger partial charge < -0.3 is 15.4 Å². The number of anilines is 1. The van der Waals surface area contributed by atoms with Gasteiger partial charge in [-0.1, -0.05) is 49.4 Å². The van der Waals surface area contributed by atoms with Gasteiger partial charge in [-0.3, -0.25) is 5.32 Å². The molecule has 0 atom stereocenters. The maximum absolute atomic E-state index is 12.4. The number of rotatable bonds is 10. The van der Waals surface area contributed by atoms with Gasteiger partial charge in [-0.2, -0.15) is 0 Å². The molecule has 4 aromatic rings. The Morgan fingerprint density at radius 1 is 1.02 bits per heavy atom. The van der Waals surface area contributed by atoms with Crippen LogP contribution in [0, 0.1) is 6.92 Å². The van der Waals surface area contributed by atoms with Crippen molar-refractivity contribution >= 4 is 29.0 Å². The van der Waals surface area contributed by atoms with Crippen LogP contribution in [0.4, 0.5) is 23.7 Å². The van der Waals surface area contributed by atoms with Gasteiger partial charge in [0.05, 0.1) is 5.69 Å².